The molecule has 1 saturated carbocycles. The molecule has 1 aliphatic carbocycles. The van der Waals surface area contributed by atoms with E-state index in [1.165, 1.54) is 13.2 Å². The summed E-state index contributed by atoms with van der Waals surface area (Å²) in [5.41, 5.74) is -1.10. The Hall–Kier alpha value is -1.00. The molecule has 0 spiro atoms. The molecule has 2 rings (SSSR count). The zero-order valence-corrected chi connectivity index (χ0v) is 9.04. The first-order valence-corrected chi connectivity index (χ1v) is 5.28. The molecule has 1 N–H and O–H groups in total. The highest BCUT2D eigenvalue weighted by molar-refractivity contribution is 5.25. The smallest absolute Gasteiger partial charge is 0.132 e. The Morgan fingerprint density at radius 2 is 1.88 bits per heavy atom. The maximum absolute atomic E-state index is 13.5. The van der Waals surface area contributed by atoms with E-state index in [1.54, 1.807) is 0 Å². The van der Waals surface area contributed by atoms with Gasteiger partial charge in [-0.1, -0.05) is 6.07 Å². The van der Waals surface area contributed by atoms with Gasteiger partial charge in [-0.3, -0.25) is 0 Å². The normalized spacial score (nSPS) is 20.2. The van der Waals surface area contributed by atoms with Crippen LogP contribution in [0.2, 0.25) is 0 Å². The first kappa shape index (κ1) is 11.5. The number of aliphatic hydroxyl groups excluding tert-OH is 1. The van der Waals surface area contributed by atoms with E-state index < -0.39 is 23.3 Å². The molecule has 0 aliphatic heterocycles. The molecule has 1 aliphatic rings. The van der Waals surface area contributed by atoms with E-state index in [4.69, 9.17) is 4.74 Å². The summed E-state index contributed by atoms with van der Waals surface area (Å²) >= 11 is 0. The minimum Gasteiger partial charge on any atom is -0.385 e. The van der Waals surface area contributed by atoms with Gasteiger partial charge in [-0.05, 0) is 31.4 Å². The average Bonchev–Trinajstić information content (AvgIpc) is 2.16. The highest BCUT2D eigenvalue weighted by Gasteiger charge is 2.46. The standard InChI is InChI=1S/C12H14F2O2/c1-16-12(6-3-7-12)11(15)10-8(13)4-2-5-9(10)14/h2,4-5,11,15H,3,6-7H2,1H3. The zero-order valence-electron chi connectivity index (χ0n) is 9.04. The van der Waals surface area contributed by atoms with Crippen LogP contribution in [-0.4, -0.2) is 17.8 Å². The summed E-state index contributed by atoms with van der Waals surface area (Å²) in [7, 11) is 1.46. The molecule has 88 valence electrons. The van der Waals surface area contributed by atoms with Crippen molar-refractivity contribution in [3.63, 3.8) is 0 Å². The molecular weight excluding hydrogens is 214 g/mol. The third kappa shape index (κ3) is 1.62. The van der Waals surface area contributed by atoms with Crippen LogP contribution in [0.15, 0.2) is 18.2 Å². The topological polar surface area (TPSA) is 29.5 Å². The van der Waals surface area contributed by atoms with Crippen molar-refractivity contribution in [2.24, 2.45) is 0 Å². The van der Waals surface area contributed by atoms with E-state index in [2.05, 4.69) is 0 Å². The van der Waals surface area contributed by atoms with E-state index in [-0.39, 0.29) is 5.56 Å². The van der Waals surface area contributed by atoms with Crippen molar-refractivity contribution >= 4 is 0 Å². The lowest BCUT2D eigenvalue weighted by atomic mass is 9.73. The van der Waals surface area contributed by atoms with Crippen molar-refractivity contribution in [1.82, 2.24) is 0 Å². The fourth-order valence-corrected chi connectivity index (χ4v) is 2.15. The van der Waals surface area contributed by atoms with Crippen LogP contribution in [0.25, 0.3) is 0 Å². The van der Waals surface area contributed by atoms with Crippen LogP contribution in [-0.2, 0) is 4.74 Å². The first-order valence-electron chi connectivity index (χ1n) is 5.28. The third-order valence-corrected chi connectivity index (χ3v) is 3.38. The molecule has 16 heavy (non-hydrogen) atoms. The zero-order chi connectivity index (χ0) is 11.8. The molecular formula is C12H14F2O2. The monoisotopic (exact) mass is 228 g/mol. The molecule has 2 nitrogen and oxygen atoms in total. The largest absolute Gasteiger partial charge is 0.385 e. The molecule has 1 fully saturated rings. The van der Waals surface area contributed by atoms with Gasteiger partial charge in [0, 0.05) is 7.11 Å². The molecule has 1 aromatic carbocycles. The number of rotatable bonds is 3. The third-order valence-electron chi connectivity index (χ3n) is 3.38. The van der Waals surface area contributed by atoms with E-state index in [0.29, 0.717) is 12.8 Å². The Labute approximate surface area is 92.9 Å². The van der Waals surface area contributed by atoms with Gasteiger partial charge in [0.1, 0.15) is 17.7 Å². The Morgan fingerprint density at radius 1 is 1.31 bits per heavy atom. The SMILES string of the molecule is COC1(C(O)c2c(F)cccc2F)CCC1. The quantitative estimate of drug-likeness (QED) is 0.861. The lowest BCUT2D eigenvalue weighted by Crippen LogP contribution is -2.45. The second-order valence-corrected chi connectivity index (χ2v) is 4.16. The average molecular weight is 228 g/mol. The van der Waals surface area contributed by atoms with Crippen molar-refractivity contribution in [1.29, 1.82) is 0 Å². The number of hydrogen-bond acceptors (Lipinski definition) is 2. The van der Waals surface area contributed by atoms with Crippen LogP contribution >= 0.6 is 0 Å². The molecule has 4 heteroatoms. The Balaban J connectivity index is 2.36. The molecule has 0 saturated heterocycles. The van der Waals surface area contributed by atoms with Crippen LogP contribution in [0.1, 0.15) is 30.9 Å². The summed E-state index contributed by atoms with van der Waals surface area (Å²) in [5, 5.41) is 10.0. The van der Waals surface area contributed by atoms with Crippen LogP contribution in [0.5, 0.6) is 0 Å². The van der Waals surface area contributed by atoms with Gasteiger partial charge in [-0.2, -0.15) is 0 Å². The van der Waals surface area contributed by atoms with Gasteiger partial charge in [0.2, 0.25) is 0 Å². The van der Waals surface area contributed by atoms with Crippen LogP contribution in [0.4, 0.5) is 8.78 Å². The van der Waals surface area contributed by atoms with Crippen molar-refractivity contribution in [3.8, 4) is 0 Å². The lowest BCUT2D eigenvalue weighted by molar-refractivity contribution is -0.153. The maximum atomic E-state index is 13.5. The summed E-state index contributed by atoms with van der Waals surface area (Å²) < 4.78 is 32.2. The lowest BCUT2D eigenvalue weighted by Gasteiger charge is -2.44. The van der Waals surface area contributed by atoms with Crippen molar-refractivity contribution < 1.29 is 18.6 Å². The number of methoxy groups -OCH3 is 1. The molecule has 1 unspecified atom stereocenters. The summed E-state index contributed by atoms with van der Waals surface area (Å²) in [6.45, 7) is 0. The summed E-state index contributed by atoms with van der Waals surface area (Å²) in [6.07, 6.45) is 0.908. The van der Waals surface area contributed by atoms with Gasteiger partial charge in [0.05, 0.1) is 11.2 Å². The van der Waals surface area contributed by atoms with Gasteiger partial charge >= 0.3 is 0 Å². The van der Waals surface area contributed by atoms with Gasteiger partial charge in [0.25, 0.3) is 0 Å². The second kappa shape index (κ2) is 4.11. The Bertz CT molecular complexity index is 363. The summed E-state index contributed by atoms with van der Waals surface area (Å²) in [6, 6.07) is 3.56. The number of hydrogen-bond donors (Lipinski definition) is 1. The number of halogens is 2. The maximum Gasteiger partial charge on any atom is 0.132 e. The minimum absolute atomic E-state index is 0.288. The number of ether oxygens (including phenoxy) is 1. The van der Waals surface area contributed by atoms with Crippen molar-refractivity contribution in [2.75, 3.05) is 7.11 Å². The molecule has 0 aromatic heterocycles. The first-order chi connectivity index (χ1) is 7.60. The minimum atomic E-state index is -1.24. The summed E-state index contributed by atoms with van der Waals surface area (Å²) in [4.78, 5) is 0. The highest BCUT2D eigenvalue weighted by atomic mass is 19.1. The Kier molecular flexibility index (Phi) is 2.95. The molecule has 1 atom stereocenters. The van der Waals surface area contributed by atoms with Crippen LogP contribution in [0.3, 0.4) is 0 Å². The Morgan fingerprint density at radius 3 is 2.25 bits per heavy atom. The molecule has 0 radical (unpaired) electrons. The van der Waals surface area contributed by atoms with Crippen LogP contribution < -0.4 is 0 Å². The predicted molar refractivity (Wildman–Crippen MR) is 54.9 cm³/mol. The van der Waals surface area contributed by atoms with Gasteiger partial charge in [-0.25, -0.2) is 8.78 Å². The molecule has 0 amide bonds. The van der Waals surface area contributed by atoms with Crippen molar-refractivity contribution in [2.45, 2.75) is 31.0 Å². The molecule has 1 aromatic rings. The number of benzene rings is 1. The van der Waals surface area contributed by atoms with E-state index in [9.17, 15) is 13.9 Å². The molecule has 0 heterocycles. The predicted octanol–water partition coefficient (Wildman–Crippen LogP) is 2.57. The van der Waals surface area contributed by atoms with Gasteiger partial charge in [0.15, 0.2) is 0 Å². The van der Waals surface area contributed by atoms with E-state index in [0.717, 1.165) is 18.6 Å². The fourth-order valence-electron chi connectivity index (χ4n) is 2.15. The van der Waals surface area contributed by atoms with Crippen molar-refractivity contribution in [3.05, 3.63) is 35.4 Å². The second-order valence-electron chi connectivity index (χ2n) is 4.16. The summed E-state index contributed by atoms with van der Waals surface area (Å²) in [5.74, 6) is -1.45. The van der Waals surface area contributed by atoms with Gasteiger partial charge < -0.3 is 9.84 Å². The highest BCUT2D eigenvalue weighted by Crippen LogP contribution is 2.45. The van der Waals surface area contributed by atoms with E-state index in [1.807, 2.05) is 0 Å². The fraction of sp³-hybridized carbons (Fsp3) is 0.500. The van der Waals surface area contributed by atoms with Gasteiger partial charge in [-0.15, -0.1) is 0 Å². The van der Waals surface area contributed by atoms with E-state index >= 15 is 0 Å². The molecule has 0 bridgehead atoms. The van der Waals surface area contributed by atoms with Crippen LogP contribution in [0, 0.1) is 11.6 Å². The number of aliphatic hydroxyl groups is 1.